The second kappa shape index (κ2) is 9.55. The summed E-state index contributed by atoms with van der Waals surface area (Å²) in [6, 6.07) is 16.2. The number of amides is 2. The van der Waals surface area contributed by atoms with Crippen LogP contribution in [-0.4, -0.2) is 36.9 Å². The van der Waals surface area contributed by atoms with E-state index in [1.165, 1.54) is 0 Å². The van der Waals surface area contributed by atoms with E-state index >= 15 is 0 Å². The Hall–Kier alpha value is -2.60. The van der Waals surface area contributed by atoms with Gasteiger partial charge in [-0.15, -0.1) is 0 Å². The van der Waals surface area contributed by atoms with Crippen molar-refractivity contribution in [2.24, 2.45) is 0 Å². The summed E-state index contributed by atoms with van der Waals surface area (Å²) in [6.45, 7) is 1.40. The highest BCUT2D eigenvalue weighted by Gasteiger charge is 2.25. The molecule has 2 amide bonds. The fraction of sp³-hybridized carbons (Fsp3) is 0.273. The van der Waals surface area contributed by atoms with Crippen LogP contribution >= 0.6 is 15.9 Å². The van der Waals surface area contributed by atoms with Crippen LogP contribution in [0.5, 0.6) is 5.75 Å². The van der Waals surface area contributed by atoms with Crippen LogP contribution in [0.15, 0.2) is 60.3 Å². The summed E-state index contributed by atoms with van der Waals surface area (Å²) < 4.78 is 5.75. The molecular weight excluding hydrogens is 420 g/mol. The van der Waals surface area contributed by atoms with Crippen LogP contribution in [0.1, 0.15) is 35.2 Å². The molecule has 1 saturated heterocycles. The second-order valence-electron chi connectivity index (χ2n) is 6.59. The molecule has 0 unspecified atom stereocenters. The lowest BCUT2D eigenvalue weighted by molar-refractivity contribution is -0.128. The number of benzene rings is 2. The number of hydrogen-bond acceptors (Lipinski definition) is 3. The van der Waals surface area contributed by atoms with Gasteiger partial charge in [0.25, 0.3) is 11.8 Å². The van der Waals surface area contributed by atoms with Gasteiger partial charge in [0.2, 0.25) is 0 Å². The van der Waals surface area contributed by atoms with E-state index in [9.17, 15) is 9.59 Å². The normalized spacial score (nSPS) is 14.9. The Morgan fingerprint density at radius 3 is 2.18 bits per heavy atom. The average Bonchev–Trinajstić information content (AvgIpc) is 2.77. The van der Waals surface area contributed by atoms with E-state index < -0.39 is 0 Å². The first-order valence-corrected chi connectivity index (χ1v) is 10.1. The highest BCUT2D eigenvalue weighted by molar-refractivity contribution is 9.15. The van der Waals surface area contributed by atoms with Gasteiger partial charge in [0.1, 0.15) is 11.4 Å². The van der Waals surface area contributed by atoms with Crippen LogP contribution < -0.4 is 10.1 Å². The monoisotopic (exact) mass is 442 g/mol. The zero-order chi connectivity index (χ0) is 19.9. The Balaban J connectivity index is 1.94. The first kappa shape index (κ1) is 20.1. The first-order chi connectivity index (χ1) is 13.6. The summed E-state index contributed by atoms with van der Waals surface area (Å²) in [4.78, 5) is 27.7. The van der Waals surface area contributed by atoms with Gasteiger partial charge >= 0.3 is 0 Å². The molecule has 0 bridgehead atoms. The molecule has 0 saturated carbocycles. The molecule has 0 atom stereocenters. The molecule has 0 radical (unpaired) electrons. The fourth-order valence-electron chi connectivity index (χ4n) is 3.11. The predicted molar refractivity (Wildman–Crippen MR) is 113 cm³/mol. The number of carbonyl (C=O) groups excluding carboxylic acids is 2. The standard InChI is InChI=1S/C22H23BrN2O3/c1-28-18-12-10-16(11-13-18)19(23)20(22(27)25-14-6-3-7-15-25)24-21(26)17-8-4-2-5-9-17/h2,4-5,8-13H,3,6-7,14-15H2,1H3,(H,24,26)/b20-19-. The number of halogens is 1. The van der Waals surface area contributed by atoms with E-state index in [0.29, 0.717) is 23.1 Å². The number of hydrogen-bond donors (Lipinski definition) is 1. The maximum Gasteiger partial charge on any atom is 0.271 e. The van der Waals surface area contributed by atoms with Gasteiger partial charge < -0.3 is 15.0 Å². The topological polar surface area (TPSA) is 58.6 Å². The van der Waals surface area contributed by atoms with Gasteiger partial charge in [0.05, 0.1) is 11.6 Å². The molecule has 1 fully saturated rings. The van der Waals surface area contributed by atoms with Crippen molar-refractivity contribution in [1.29, 1.82) is 0 Å². The molecule has 1 aliphatic heterocycles. The predicted octanol–water partition coefficient (Wildman–Crippen LogP) is 4.20. The summed E-state index contributed by atoms with van der Waals surface area (Å²) in [6.07, 6.45) is 3.08. The summed E-state index contributed by atoms with van der Waals surface area (Å²) in [5.41, 5.74) is 1.54. The number of ether oxygens (including phenoxy) is 1. The van der Waals surface area contributed by atoms with E-state index in [4.69, 9.17) is 4.74 Å². The Morgan fingerprint density at radius 2 is 1.57 bits per heavy atom. The number of rotatable bonds is 5. The molecule has 3 rings (SSSR count). The summed E-state index contributed by atoms with van der Waals surface area (Å²) in [5, 5.41) is 2.83. The lowest BCUT2D eigenvalue weighted by Crippen LogP contribution is -2.41. The van der Waals surface area contributed by atoms with Gasteiger partial charge in [0.15, 0.2) is 0 Å². The maximum absolute atomic E-state index is 13.2. The van der Waals surface area contributed by atoms with Crippen molar-refractivity contribution in [2.45, 2.75) is 19.3 Å². The molecule has 0 aromatic heterocycles. The minimum absolute atomic E-state index is 0.174. The molecule has 6 heteroatoms. The number of nitrogens with zero attached hydrogens (tertiary/aromatic N) is 1. The zero-order valence-corrected chi connectivity index (χ0v) is 17.4. The number of carbonyl (C=O) groups is 2. The highest BCUT2D eigenvalue weighted by atomic mass is 79.9. The maximum atomic E-state index is 13.2. The number of nitrogens with one attached hydrogen (secondary N) is 1. The van der Waals surface area contributed by atoms with Gasteiger partial charge in [0, 0.05) is 18.7 Å². The fourth-order valence-corrected chi connectivity index (χ4v) is 3.65. The molecule has 28 heavy (non-hydrogen) atoms. The summed E-state index contributed by atoms with van der Waals surface area (Å²) in [7, 11) is 1.60. The Kier molecular flexibility index (Phi) is 6.87. The van der Waals surface area contributed by atoms with Crippen molar-refractivity contribution >= 4 is 32.2 Å². The molecule has 1 aliphatic rings. The highest BCUT2D eigenvalue weighted by Crippen LogP contribution is 2.28. The lowest BCUT2D eigenvalue weighted by atomic mass is 10.1. The van der Waals surface area contributed by atoms with Crippen LogP contribution in [0.3, 0.4) is 0 Å². The quantitative estimate of drug-likeness (QED) is 0.705. The SMILES string of the molecule is COc1ccc(/C(Br)=C(/NC(=O)c2ccccc2)C(=O)N2CCCCC2)cc1. The molecule has 2 aromatic rings. The molecular formula is C22H23BrN2O3. The van der Waals surface area contributed by atoms with Crippen molar-refractivity contribution in [3.63, 3.8) is 0 Å². The van der Waals surface area contributed by atoms with Crippen molar-refractivity contribution in [3.8, 4) is 5.75 Å². The van der Waals surface area contributed by atoms with E-state index in [2.05, 4.69) is 21.2 Å². The van der Waals surface area contributed by atoms with Gasteiger partial charge in [-0.2, -0.15) is 0 Å². The third-order valence-electron chi connectivity index (χ3n) is 4.69. The van der Waals surface area contributed by atoms with Crippen molar-refractivity contribution < 1.29 is 14.3 Å². The molecule has 146 valence electrons. The summed E-state index contributed by atoms with van der Waals surface area (Å²) in [5.74, 6) is 0.236. The Labute approximate surface area is 173 Å². The zero-order valence-electron chi connectivity index (χ0n) is 15.8. The van der Waals surface area contributed by atoms with Crippen LogP contribution in [0.25, 0.3) is 4.48 Å². The minimum Gasteiger partial charge on any atom is -0.497 e. The molecule has 0 aliphatic carbocycles. The van der Waals surface area contributed by atoms with E-state index in [1.807, 2.05) is 30.3 Å². The number of likely N-dealkylation sites (tertiary alicyclic amines) is 1. The van der Waals surface area contributed by atoms with Crippen molar-refractivity contribution in [1.82, 2.24) is 10.2 Å². The minimum atomic E-state index is -0.313. The Bertz CT molecular complexity index is 857. The lowest BCUT2D eigenvalue weighted by Gasteiger charge is -2.28. The second-order valence-corrected chi connectivity index (χ2v) is 7.38. The van der Waals surface area contributed by atoms with Crippen molar-refractivity contribution in [3.05, 3.63) is 71.4 Å². The largest absolute Gasteiger partial charge is 0.497 e. The molecule has 0 spiro atoms. The van der Waals surface area contributed by atoms with Crippen LogP contribution in [-0.2, 0) is 4.79 Å². The van der Waals surface area contributed by atoms with E-state index in [0.717, 1.165) is 30.6 Å². The Morgan fingerprint density at radius 1 is 0.929 bits per heavy atom. The van der Waals surface area contributed by atoms with Gasteiger partial charge in [-0.05, 0) is 65.0 Å². The average molecular weight is 443 g/mol. The van der Waals surface area contributed by atoms with Crippen LogP contribution in [0, 0.1) is 0 Å². The van der Waals surface area contributed by atoms with E-state index in [1.54, 1.807) is 36.3 Å². The number of methoxy groups -OCH3 is 1. The van der Waals surface area contributed by atoms with Gasteiger partial charge in [-0.25, -0.2) is 0 Å². The van der Waals surface area contributed by atoms with Crippen LogP contribution in [0.4, 0.5) is 0 Å². The molecule has 1 N–H and O–H groups in total. The molecule has 5 nitrogen and oxygen atoms in total. The third kappa shape index (κ3) is 4.81. The molecule has 1 heterocycles. The molecule has 2 aromatic carbocycles. The van der Waals surface area contributed by atoms with Gasteiger partial charge in [-0.3, -0.25) is 9.59 Å². The van der Waals surface area contributed by atoms with Gasteiger partial charge in [-0.1, -0.05) is 30.3 Å². The first-order valence-electron chi connectivity index (χ1n) is 9.30. The van der Waals surface area contributed by atoms with Crippen LogP contribution in [0.2, 0.25) is 0 Å². The number of piperidine rings is 1. The smallest absolute Gasteiger partial charge is 0.271 e. The summed E-state index contributed by atoms with van der Waals surface area (Å²) >= 11 is 3.54. The van der Waals surface area contributed by atoms with Crippen molar-refractivity contribution in [2.75, 3.05) is 20.2 Å². The third-order valence-corrected chi connectivity index (χ3v) is 5.55. The van der Waals surface area contributed by atoms with E-state index in [-0.39, 0.29) is 17.5 Å².